The van der Waals surface area contributed by atoms with Gasteiger partial charge >= 0.3 is 0 Å². The Bertz CT molecular complexity index is 793. The van der Waals surface area contributed by atoms with Gasteiger partial charge in [-0.05, 0) is 26.7 Å². The van der Waals surface area contributed by atoms with Crippen molar-refractivity contribution in [1.82, 2.24) is 19.9 Å². The van der Waals surface area contributed by atoms with Crippen molar-refractivity contribution in [2.24, 2.45) is 0 Å². The second-order valence-corrected chi connectivity index (χ2v) is 6.62. The summed E-state index contributed by atoms with van der Waals surface area (Å²) >= 11 is 1.44. The van der Waals surface area contributed by atoms with E-state index in [1.807, 2.05) is 13.8 Å². The first kappa shape index (κ1) is 14.9. The molecule has 1 aliphatic rings. The molecule has 3 heterocycles. The molecule has 3 rings (SSSR count). The predicted octanol–water partition coefficient (Wildman–Crippen LogP) is 1.60. The van der Waals surface area contributed by atoms with Crippen LogP contribution in [0.3, 0.4) is 0 Å². The standard InChI is InChI=1S/C15H18N4O2S/c1-4-11-13(22-9(3)18-11)15(21)19-6-5-10-12(7-19)16-8(2)17-14(10)20/h4-7H2,1-3H3,(H,16,17,20). The van der Waals surface area contributed by atoms with Gasteiger partial charge in [-0.3, -0.25) is 9.59 Å². The average Bonchev–Trinajstić information content (AvgIpc) is 2.86. The normalized spacial score (nSPS) is 14.0. The molecule has 0 saturated carbocycles. The maximum absolute atomic E-state index is 12.8. The number of hydrogen-bond donors (Lipinski definition) is 1. The fraction of sp³-hybridized carbons (Fsp3) is 0.467. The van der Waals surface area contributed by atoms with Crippen molar-refractivity contribution in [1.29, 1.82) is 0 Å². The van der Waals surface area contributed by atoms with E-state index in [0.717, 1.165) is 17.1 Å². The van der Waals surface area contributed by atoms with Crippen LogP contribution in [0.1, 0.15) is 44.4 Å². The molecular formula is C15H18N4O2S. The zero-order chi connectivity index (χ0) is 15.9. The van der Waals surface area contributed by atoms with Crippen molar-refractivity contribution in [3.63, 3.8) is 0 Å². The Morgan fingerprint density at radius 3 is 2.86 bits per heavy atom. The molecule has 1 amide bonds. The van der Waals surface area contributed by atoms with Gasteiger partial charge in [0, 0.05) is 12.1 Å². The molecule has 116 valence electrons. The van der Waals surface area contributed by atoms with Crippen LogP contribution in [-0.4, -0.2) is 32.3 Å². The number of carbonyl (C=O) groups excluding carboxylic acids is 1. The molecule has 0 aliphatic carbocycles. The number of carbonyl (C=O) groups is 1. The number of nitrogens with one attached hydrogen (secondary N) is 1. The van der Waals surface area contributed by atoms with Crippen LogP contribution in [0.4, 0.5) is 0 Å². The lowest BCUT2D eigenvalue weighted by Gasteiger charge is -2.27. The lowest BCUT2D eigenvalue weighted by atomic mass is 10.1. The van der Waals surface area contributed by atoms with Crippen LogP contribution in [0.15, 0.2) is 4.79 Å². The van der Waals surface area contributed by atoms with E-state index in [9.17, 15) is 9.59 Å². The van der Waals surface area contributed by atoms with Gasteiger partial charge in [0.15, 0.2) is 0 Å². The number of thiazole rings is 1. The Balaban J connectivity index is 1.91. The number of aryl methyl sites for hydroxylation is 3. The summed E-state index contributed by atoms with van der Waals surface area (Å²) in [4.78, 5) is 38.7. The zero-order valence-electron chi connectivity index (χ0n) is 12.9. The first-order chi connectivity index (χ1) is 10.5. The Hall–Kier alpha value is -2.02. The minimum atomic E-state index is -0.0857. The highest BCUT2D eigenvalue weighted by Gasteiger charge is 2.27. The van der Waals surface area contributed by atoms with Crippen LogP contribution >= 0.6 is 11.3 Å². The average molecular weight is 318 g/mol. The highest BCUT2D eigenvalue weighted by Crippen LogP contribution is 2.23. The predicted molar refractivity (Wildman–Crippen MR) is 84.3 cm³/mol. The maximum Gasteiger partial charge on any atom is 0.266 e. The number of rotatable bonds is 2. The van der Waals surface area contributed by atoms with Crippen molar-refractivity contribution in [2.45, 2.75) is 40.2 Å². The fourth-order valence-corrected chi connectivity index (χ4v) is 3.73. The highest BCUT2D eigenvalue weighted by atomic mass is 32.1. The third kappa shape index (κ3) is 2.56. The van der Waals surface area contributed by atoms with Crippen molar-refractivity contribution in [3.8, 4) is 0 Å². The Morgan fingerprint density at radius 1 is 1.36 bits per heavy atom. The van der Waals surface area contributed by atoms with Gasteiger partial charge in [-0.2, -0.15) is 0 Å². The highest BCUT2D eigenvalue weighted by molar-refractivity contribution is 7.13. The van der Waals surface area contributed by atoms with Crippen molar-refractivity contribution >= 4 is 17.2 Å². The van der Waals surface area contributed by atoms with Crippen molar-refractivity contribution < 1.29 is 4.79 Å². The van der Waals surface area contributed by atoms with Crippen LogP contribution in [0.25, 0.3) is 0 Å². The molecule has 1 aliphatic heterocycles. The van der Waals surface area contributed by atoms with Gasteiger partial charge in [0.1, 0.15) is 10.7 Å². The lowest BCUT2D eigenvalue weighted by molar-refractivity contribution is 0.0734. The van der Waals surface area contributed by atoms with Gasteiger partial charge in [0.2, 0.25) is 0 Å². The SMILES string of the molecule is CCc1nc(C)sc1C(=O)N1CCc2c(nc(C)[nH]c2=O)C1. The monoisotopic (exact) mass is 318 g/mol. The van der Waals surface area contributed by atoms with E-state index in [0.29, 0.717) is 41.5 Å². The number of aromatic amines is 1. The summed E-state index contributed by atoms with van der Waals surface area (Å²) in [5.41, 5.74) is 2.18. The summed E-state index contributed by atoms with van der Waals surface area (Å²) in [7, 11) is 0. The zero-order valence-corrected chi connectivity index (χ0v) is 13.7. The van der Waals surface area contributed by atoms with Gasteiger partial charge in [-0.1, -0.05) is 6.92 Å². The number of amides is 1. The van der Waals surface area contributed by atoms with Crippen LogP contribution in [0.2, 0.25) is 0 Å². The Morgan fingerprint density at radius 2 is 2.14 bits per heavy atom. The molecule has 6 nitrogen and oxygen atoms in total. The van der Waals surface area contributed by atoms with E-state index < -0.39 is 0 Å². The third-order valence-corrected chi connectivity index (χ3v) is 4.81. The summed E-state index contributed by atoms with van der Waals surface area (Å²) in [6.07, 6.45) is 1.29. The number of fused-ring (bicyclic) bond motifs is 1. The molecule has 0 atom stereocenters. The molecule has 0 aromatic carbocycles. The van der Waals surface area contributed by atoms with E-state index in [1.165, 1.54) is 11.3 Å². The maximum atomic E-state index is 12.8. The van der Waals surface area contributed by atoms with E-state index in [4.69, 9.17) is 0 Å². The van der Waals surface area contributed by atoms with Crippen LogP contribution in [-0.2, 0) is 19.4 Å². The topological polar surface area (TPSA) is 79.0 Å². The number of hydrogen-bond acceptors (Lipinski definition) is 5. The molecule has 7 heteroatoms. The molecule has 2 aromatic rings. The molecule has 0 unspecified atom stereocenters. The molecule has 2 aromatic heterocycles. The van der Waals surface area contributed by atoms with Crippen LogP contribution < -0.4 is 5.56 Å². The number of nitrogens with zero attached hydrogens (tertiary/aromatic N) is 3. The first-order valence-electron chi connectivity index (χ1n) is 7.33. The molecule has 0 spiro atoms. The second kappa shape index (κ2) is 5.64. The molecule has 22 heavy (non-hydrogen) atoms. The fourth-order valence-electron chi connectivity index (χ4n) is 2.76. The minimum absolute atomic E-state index is 0.00663. The van der Waals surface area contributed by atoms with Gasteiger partial charge in [0.05, 0.1) is 22.9 Å². The van der Waals surface area contributed by atoms with Crippen molar-refractivity contribution in [3.05, 3.63) is 43.0 Å². The summed E-state index contributed by atoms with van der Waals surface area (Å²) in [5, 5.41) is 0.906. The first-order valence-corrected chi connectivity index (χ1v) is 8.15. The van der Waals surface area contributed by atoms with Crippen molar-refractivity contribution in [2.75, 3.05) is 6.54 Å². The van der Waals surface area contributed by atoms with E-state index in [1.54, 1.807) is 11.8 Å². The number of H-pyrrole nitrogens is 1. The quantitative estimate of drug-likeness (QED) is 0.912. The Labute approximate surface area is 132 Å². The summed E-state index contributed by atoms with van der Waals surface area (Å²) in [6.45, 7) is 6.60. The summed E-state index contributed by atoms with van der Waals surface area (Å²) in [6, 6.07) is 0. The minimum Gasteiger partial charge on any atom is -0.332 e. The van der Waals surface area contributed by atoms with Crippen LogP contribution in [0, 0.1) is 13.8 Å². The molecule has 1 N–H and O–H groups in total. The largest absolute Gasteiger partial charge is 0.332 e. The van der Waals surface area contributed by atoms with E-state index >= 15 is 0 Å². The van der Waals surface area contributed by atoms with E-state index in [2.05, 4.69) is 15.0 Å². The molecule has 0 radical (unpaired) electrons. The van der Waals surface area contributed by atoms with Crippen LogP contribution in [0.5, 0.6) is 0 Å². The smallest absolute Gasteiger partial charge is 0.266 e. The van der Waals surface area contributed by atoms with Gasteiger partial charge in [-0.25, -0.2) is 9.97 Å². The molecule has 0 saturated heterocycles. The lowest BCUT2D eigenvalue weighted by Crippen LogP contribution is -2.39. The van der Waals surface area contributed by atoms with E-state index in [-0.39, 0.29) is 11.5 Å². The van der Waals surface area contributed by atoms with Gasteiger partial charge in [-0.15, -0.1) is 11.3 Å². The third-order valence-electron chi connectivity index (χ3n) is 3.81. The summed E-state index contributed by atoms with van der Waals surface area (Å²) in [5.74, 6) is 0.578. The molecule has 0 bridgehead atoms. The Kier molecular flexibility index (Phi) is 3.82. The summed E-state index contributed by atoms with van der Waals surface area (Å²) < 4.78 is 0. The number of aromatic nitrogens is 3. The molecular weight excluding hydrogens is 300 g/mol. The molecule has 0 fully saturated rings. The van der Waals surface area contributed by atoms with Gasteiger partial charge < -0.3 is 9.88 Å². The second-order valence-electron chi connectivity index (χ2n) is 5.42. The van der Waals surface area contributed by atoms with Gasteiger partial charge in [0.25, 0.3) is 11.5 Å².